The maximum absolute atomic E-state index is 13.4. The average molecular weight is 627 g/mol. The molecule has 0 aliphatic carbocycles. The molecule has 0 radical (unpaired) electrons. The molecule has 1 fully saturated rings. The van der Waals surface area contributed by atoms with Gasteiger partial charge in [-0.15, -0.1) is 11.8 Å². The fraction of sp³-hybridized carbons (Fsp3) is 0.806. The second-order valence-corrected chi connectivity index (χ2v) is 13.3. The molecule has 1 heterocycles. The third-order valence-corrected chi connectivity index (χ3v) is 8.86. The van der Waals surface area contributed by atoms with Crippen LogP contribution in [-0.2, 0) is 33.5 Å². The molecule has 11 nitrogen and oxygen atoms in total. The summed E-state index contributed by atoms with van der Waals surface area (Å²) in [7, 11) is 0. The molecule has 246 valence electrons. The third kappa shape index (κ3) is 16.8. The van der Waals surface area contributed by atoms with Crippen LogP contribution in [0.15, 0.2) is 0 Å². The second kappa shape index (κ2) is 21.3. The predicted molar refractivity (Wildman–Crippen MR) is 168 cm³/mol. The molecule has 0 aromatic heterocycles. The number of ketones is 1. The highest BCUT2D eigenvalue weighted by Gasteiger charge is 2.33. The van der Waals surface area contributed by atoms with E-state index in [4.69, 9.17) is 10.5 Å². The molecule has 1 rings (SSSR count). The Kier molecular flexibility index (Phi) is 19.1. The maximum Gasteiger partial charge on any atom is 0.316 e. The molecule has 0 aromatic carbocycles. The number of carbonyl (C=O) groups is 6. The quantitative estimate of drug-likeness (QED) is 0.187. The Morgan fingerprint density at radius 2 is 1.77 bits per heavy atom. The van der Waals surface area contributed by atoms with E-state index in [0.29, 0.717) is 31.1 Å². The van der Waals surface area contributed by atoms with E-state index in [1.54, 1.807) is 13.8 Å². The van der Waals surface area contributed by atoms with Gasteiger partial charge in [0, 0.05) is 30.7 Å². The molecule has 1 aliphatic rings. The van der Waals surface area contributed by atoms with Crippen LogP contribution >= 0.6 is 11.8 Å². The summed E-state index contributed by atoms with van der Waals surface area (Å²) in [5, 5.41) is 7.95. The van der Waals surface area contributed by atoms with Crippen LogP contribution < -0.4 is 21.7 Å². The van der Waals surface area contributed by atoms with Crippen molar-refractivity contribution in [1.82, 2.24) is 16.0 Å². The van der Waals surface area contributed by atoms with Gasteiger partial charge in [0.1, 0.15) is 24.2 Å². The fourth-order valence-corrected chi connectivity index (χ4v) is 6.04. The molecule has 3 amide bonds. The summed E-state index contributed by atoms with van der Waals surface area (Å²) >= 11 is 1.07. The van der Waals surface area contributed by atoms with Gasteiger partial charge < -0.3 is 31.2 Å². The van der Waals surface area contributed by atoms with Gasteiger partial charge in [0.25, 0.3) is 0 Å². The lowest BCUT2D eigenvalue weighted by Crippen LogP contribution is -2.49. The van der Waals surface area contributed by atoms with Gasteiger partial charge in [-0.1, -0.05) is 47.0 Å². The van der Waals surface area contributed by atoms with Crippen molar-refractivity contribution in [2.75, 3.05) is 24.6 Å². The van der Waals surface area contributed by atoms with Crippen LogP contribution in [0.4, 0.5) is 0 Å². The van der Waals surface area contributed by atoms with Crippen LogP contribution in [0, 0.1) is 23.7 Å². The van der Waals surface area contributed by atoms with Crippen molar-refractivity contribution < 1.29 is 33.5 Å². The van der Waals surface area contributed by atoms with Crippen LogP contribution in [0.3, 0.4) is 0 Å². The summed E-state index contributed by atoms with van der Waals surface area (Å²) in [4.78, 5) is 74.5. The van der Waals surface area contributed by atoms with E-state index >= 15 is 0 Å². The van der Waals surface area contributed by atoms with E-state index in [1.807, 2.05) is 6.92 Å². The molecular weight excluding hydrogens is 572 g/mol. The smallest absolute Gasteiger partial charge is 0.316 e. The lowest BCUT2D eigenvalue weighted by molar-refractivity contribution is -0.152. The lowest BCUT2D eigenvalue weighted by Gasteiger charge is -2.27. The number of nitrogens with two attached hydrogens (primary N) is 1. The number of amides is 3. The Hall–Kier alpha value is -2.47. The average Bonchev–Trinajstić information content (AvgIpc) is 2.94. The molecule has 7 unspecified atom stereocenters. The molecule has 1 aliphatic heterocycles. The lowest BCUT2D eigenvalue weighted by atomic mass is 9.83. The molecular formula is C31H54N4O7S. The first-order valence-corrected chi connectivity index (χ1v) is 16.8. The number of thioether (sulfide) groups is 1. The zero-order chi connectivity index (χ0) is 32.4. The summed E-state index contributed by atoms with van der Waals surface area (Å²) in [6.45, 7) is 10.1. The van der Waals surface area contributed by atoms with Gasteiger partial charge in [0.15, 0.2) is 0 Å². The van der Waals surface area contributed by atoms with E-state index in [1.165, 1.54) is 0 Å². The number of hydrogen-bond donors (Lipinski definition) is 4. The first-order chi connectivity index (χ1) is 20.3. The van der Waals surface area contributed by atoms with Crippen LogP contribution in [0.1, 0.15) is 92.4 Å². The minimum atomic E-state index is -0.974. The summed E-state index contributed by atoms with van der Waals surface area (Å²) in [5.74, 6) is -1.88. The molecule has 43 heavy (non-hydrogen) atoms. The normalized spacial score (nSPS) is 26.0. The maximum atomic E-state index is 13.4. The summed E-state index contributed by atoms with van der Waals surface area (Å²) in [6.07, 6.45) is 6.00. The van der Waals surface area contributed by atoms with Crippen LogP contribution in [-0.4, -0.2) is 78.5 Å². The molecule has 7 atom stereocenters. The number of esters is 1. The molecule has 0 aromatic rings. The monoisotopic (exact) mass is 626 g/mol. The van der Waals surface area contributed by atoms with E-state index < -0.39 is 29.9 Å². The zero-order valence-electron chi connectivity index (χ0n) is 26.7. The number of hydrogen-bond acceptors (Lipinski definition) is 9. The number of carbonyl (C=O) groups excluding carboxylic acids is 6. The SMILES string of the molecule is CC(N)CCC(=O)NC(CSCC(=O)OC1CC(=O)NCCCC(C)CCCC(C)CC(C)C(=O)C1C)C(=O)NCC=O. The molecule has 0 bridgehead atoms. The summed E-state index contributed by atoms with van der Waals surface area (Å²) < 4.78 is 5.70. The largest absolute Gasteiger partial charge is 0.460 e. The number of aldehydes is 1. The standard InChI is InChI=1S/C31H54N4O7S/c1-20-8-6-9-21(2)16-22(3)30(40)24(5)26(17-28(38)33-13-7-10-20)42-29(39)19-43-18-25(31(41)34-14-15-36)35-27(37)12-11-23(4)32/h15,20-26H,6-14,16-19,32H2,1-5H3,(H,33,38)(H,34,41)(H,35,37). The van der Waals surface area contributed by atoms with Gasteiger partial charge in [-0.05, 0) is 44.4 Å². The second-order valence-electron chi connectivity index (χ2n) is 12.3. The van der Waals surface area contributed by atoms with Crippen LogP contribution in [0.2, 0.25) is 0 Å². The van der Waals surface area contributed by atoms with Crippen molar-refractivity contribution in [3.63, 3.8) is 0 Å². The number of ether oxygens (including phenoxy) is 1. The van der Waals surface area contributed by atoms with Gasteiger partial charge in [-0.25, -0.2) is 0 Å². The Morgan fingerprint density at radius 1 is 1.09 bits per heavy atom. The number of nitrogens with one attached hydrogen (secondary N) is 3. The Morgan fingerprint density at radius 3 is 2.44 bits per heavy atom. The molecule has 5 N–H and O–H groups in total. The number of rotatable bonds is 12. The van der Waals surface area contributed by atoms with Gasteiger partial charge >= 0.3 is 5.97 Å². The van der Waals surface area contributed by atoms with Crippen LogP contribution in [0.5, 0.6) is 0 Å². The molecule has 0 saturated carbocycles. The molecule has 1 saturated heterocycles. The molecule has 0 spiro atoms. The number of Topliss-reactive ketones (excluding diaryl/α,β-unsaturated/α-hetero) is 1. The predicted octanol–water partition coefficient (Wildman–Crippen LogP) is 2.53. The first-order valence-electron chi connectivity index (χ1n) is 15.7. The van der Waals surface area contributed by atoms with Gasteiger partial charge in [-0.2, -0.15) is 0 Å². The van der Waals surface area contributed by atoms with Gasteiger partial charge in [0.05, 0.1) is 24.6 Å². The van der Waals surface area contributed by atoms with Crippen molar-refractivity contribution in [1.29, 1.82) is 0 Å². The zero-order valence-corrected chi connectivity index (χ0v) is 27.5. The fourth-order valence-electron chi connectivity index (χ4n) is 5.22. The minimum absolute atomic E-state index is 0.0352. The van der Waals surface area contributed by atoms with E-state index in [-0.39, 0.29) is 60.4 Å². The third-order valence-electron chi connectivity index (χ3n) is 7.85. The van der Waals surface area contributed by atoms with Gasteiger partial charge in [-0.3, -0.25) is 24.0 Å². The van der Waals surface area contributed by atoms with E-state index in [2.05, 4.69) is 29.8 Å². The van der Waals surface area contributed by atoms with Crippen LogP contribution in [0.25, 0.3) is 0 Å². The first kappa shape index (κ1) is 38.6. The highest BCUT2D eigenvalue weighted by atomic mass is 32.2. The van der Waals surface area contributed by atoms with Crippen molar-refractivity contribution >= 4 is 47.5 Å². The highest BCUT2D eigenvalue weighted by molar-refractivity contribution is 8.00. The molecule has 12 heteroatoms. The van der Waals surface area contributed by atoms with Crippen molar-refractivity contribution in [2.45, 2.75) is 111 Å². The summed E-state index contributed by atoms with van der Waals surface area (Å²) in [5.41, 5.74) is 5.71. The Balaban J connectivity index is 2.87. The topological polar surface area (TPSA) is 174 Å². The Labute approximate surface area is 261 Å². The van der Waals surface area contributed by atoms with Crippen molar-refractivity contribution in [3.05, 3.63) is 0 Å². The highest BCUT2D eigenvalue weighted by Crippen LogP contribution is 2.26. The Bertz CT molecular complexity index is 917. The minimum Gasteiger partial charge on any atom is -0.460 e. The van der Waals surface area contributed by atoms with Crippen molar-refractivity contribution in [3.8, 4) is 0 Å². The van der Waals surface area contributed by atoms with E-state index in [0.717, 1.165) is 50.3 Å². The van der Waals surface area contributed by atoms with Crippen molar-refractivity contribution in [2.24, 2.45) is 29.4 Å². The van der Waals surface area contributed by atoms with E-state index in [9.17, 15) is 28.8 Å². The van der Waals surface area contributed by atoms with Gasteiger partial charge in [0.2, 0.25) is 17.7 Å². The summed E-state index contributed by atoms with van der Waals surface area (Å²) in [6, 6.07) is -1.15.